The lowest BCUT2D eigenvalue weighted by atomic mass is 10.1. The number of carbonyl (C=O) groups is 1. The summed E-state index contributed by atoms with van der Waals surface area (Å²) in [7, 11) is 0. The molecule has 2 nitrogen and oxygen atoms in total. The molecule has 0 bridgehead atoms. The van der Waals surface area contributed by atoms with Gasteiger partial charge in [0, 0.05) is 32.1 Å². The highest BCUT2D eigenvalue weighted by molar-refractivity contribution is 5.73. The lowest BCUT2D eigenvalue weighted by Crippen LogP contribution is -2.09. The van der Waals surface area contributed by atoms with Crippen molar-refractivity contribution in [1.82, 2.24) is 0 Å². The zero-order valence-electron chi connectivity index (χ0n) is 17.8. The van der Waals surface area contributed by atoms with Crippen molar-refractivity contribution in [3.8, 4) is 47.4 Å². The quantitative estimate of drug-likeness (QED) is 0.303. The van der Waals surface area contributed by atoms with E-state index in [2.05, 4.69) is 54.3 Å². The van der Waals surface area contributed by atoms with Crippen molar-refractivity contribution < 1.29 is 4.79 Å². The van der Waals surface area contributed by atoms with Gasteiger partial charge in [-0.2, -0.15) is 0 Å². The number of primary amides is 1. The van der Waals surface area contributed by atoms with Gasteiger partial charge in [0.2, 0.25) is 5.91 Å². The Morgan fingerprint density at radius 2 is 0.929 bits per heavy atom. The molecule has 0 unspecified atom stereocenters. The summed E-state index contributed by atoms with van der Waals surface area (Å²) in [6, 6.07) is 0. The number of rotatable bonds is 14. The zero-order valence-corrected chi connectivity index (χ0v) is 17.8. The van der Waals surface area contributed by atoms with Crippen LogP contribution in [0.15, 0.2) is 0 Å². The molecule has 2 heteroatoms. The topological polar surface area (TPSA) is 43.1 Å². The minimum Gasteiger partial charge on any atom is -0.370 e. The molecule has 0 fully saturated rings. The molecule has 0 aliphatic carbocycles. The Morgan fingerprint density at radius 1 is 0.571 bits per heavy atom. The van der Waals surface area contributed by atoms with Gasteiger partial charge >= 0.3 is 0 Å². The number of amides is 1. The van der Waals surface area contributed by atoms with Crippen LogP contribution in [0.25, 0.3) is 0 Å². The van der Waals surface area contributed by atoms with E-state index in [9.17, 15) is 4.79 Å². The standard InChI is InChI=1S/C26H37NO/c1-2-3-4-5-6-7-8-9-10-11-12-13-14-15-16-17-18-19-20-21-22-23-24-25-26(27)28/h2-5,10-13,18-25H2,1H3,(H2,27,28). The summed E-state index contributed by atoms with van der Waals surface area (Å²) >= 11 is 0. The van der Waals surface area contributed by atoms with Crippen LogP contribution in [-0.4, -0.2) is 5.91 Å². The Kier molecular flexibility index (Phi) is 20.9. The van der Waals surface area contributed by atoms with Crippen LogP contribution in [0.5, 0.6) is 0 Å². The number of hydrogen-bond acceptors (Lipinski definition) is 1. The highest BCUT2D eigenvalue weighted by atomic mass is 16.1. The summed E-state index contributed by atoms with van der Waals surface area (Å²) in [5.41, 5.74) is 5.11. The van der Waals surface area contributed by atoms with Crippen LogP contribution < -0.4 is 5.73 Å². The molecule has 0 rings (SSSR count). The molecule has 0 saturated carbocycles. The van der Waals surface area contributed by atoms with Crippen LogP contribution in [0, 0.1) is 47.4 Å². The van der Waals surface area contributed by atoms with E-state index < -0.39 is 0 Å². The minimum atomic E-state index is -0.191. The first kappa shape index (κ1) is 25.7. The van der Waals surface area contributed by atoms with E-state index in [0.717, 1.165) is 57.8 Å². The summed E-state index contributed by atoms with van der Waals surface area (Å²) in [6.07, 6.45) is 16.8. The second kappa shape index (κ2) is 22.8. The minimum absolute atomic E-state index is 0.191. The van der Waals surface area contributed by atoms with Crippen molar-refractivity contribution in [2.45, 2.75) is 110 Å². The highest BCUT2D eigenvalue weighted by Gasteiger charge is 1.94. The second-order valence-electron chi connectivity index (χ2n) is 6.96. The molecule has 2 N–H and O–H groups in total. The van der Waals surface area contributed by atoms with E-state index >= 15 is 0 Å². The second-order valence-corrected chi connectivity index (χ2v) is 6.96. The van der Waals surface area contributed by atoms with Crippen LogP contribution in [0.3, 0.4) is 0 Å². The first-order valence-corrected chi connectivity index (χ1v) is 11.0. The Bertz CT molecular complexity index is 631. The maximum absolute atomic E-state index is 10.6. The molecule has 1 amide bonds. The normalized spacial score (nSPS) is 8.89. The van der Waals surface area contributed by atoms with Gasteiger partial charge in [-0.3, -0.25) is 4.79 Å². The molecule has 0 aromatic rings. The molecular formula is C26H37NO. The molecule has 152 valence electrons. The van der Waals surface area contributed by atoms with Gasteiger partial charge in [-0.25, -0.2) is 0 Å². The van der Waals surface area contributed by atoms with E-state index in [-0.39, 0.29) is 5.91 Å². The van der Waals surface area contributed by atoms with Crippen molar-refractivity contribution in [2.24, 2.45) is 5.73 Å². The van der Waals surface area contributed by atoms with Gasteiger partial charge in [-0.15, -0.1) is 0 Å². The molecule has 0 aromatic carbocycles. The van der Waals surface area contributed by atoms with Crippen LogP contribution in [0.1, 0.15) is 110 Å². The molecule has 0 spiro atoms. The SMILES string of the molecule is CCCCCC#CC#CCCCCC#CC#CCCCCCCCCC(N)=O. The average Bonchev–Trinajstić information content (AvgIpc) is 2.68. The van der Waals surface area contributed by atoms with Crippen molar-refractivity contribution in [2.75, 3.05) is 0 Å². The van der Waals surface area contributed by atoms with Gasteiger partial charge in [0.05, 0.1) is 0 Å². The smallest absolute Gasteiger partial charge is 0.217 e. The molecule has 0 saturated heterocycles. The van der Waals surface area contributed by atoms with Crippen LogP contribution in [-0.2, 0) is 4.79 Å². The maximum atomic E-state index is 10.6. The lowest BCUT2D eigenvalue weighted by Gasteiger charge is -1.98. The van der Waals surface area contributed by atoms with Crippen molar-refractivity contribution in [3.63, 3.8) is 0 Å². The number of nitrogens with two attached hydrogens (primary N) is 1. The summed E-state index contributed by atoms with van der Waals surface area (Å²) in [6.45, 7) is 2.20. The number of carbonyl (C=O) groups excluding carboxylic acids is 1. The fourth-order valence-corrected chi connectivity index (χ4v) is 2.54. The predicted molar refractivity (Wildman–Crippen MR) is 120 cm³/mol. The van der Waals surface area contributed by atoms with Gasteiger partial charge in [0.1, 0.15) is 0 Å². The molecular weight excluding hydrogens is 342 g/mol. The molecule has 0 aromatic heterocycles. The number of hydrogen-bond donors (Lipinski definition) is 1. The molecule has 0 atom stereocenters. The first-order chi connectivity index (χ1) is 13.8. The lowest BCUT2D eigenvalue weighted by molar-refractivity contribution is -0.118. The van der Waals surface area contributed by atoms with E-state index in [1.54, 1.807) is 0 Å². The third kappa shape index (κ3) is 23.7. The van der Waals surface area contributed by atoms with Gasteiger partial charge in [-0.05, 0) is 55.8 Å². The third-order valence-electron chi connectivity index (χ3n) is 4.21. The van der Waals surface area contributed by atoms with Gasteiger partial charge in [-0.1, -0.05) is 69.1 Å². The highest BCUT2D eigenvalue weighted by Crippen LogP contribution is 2.08. The van der Waals surface area contributed by atoms with Crippen molar-refractivity contribution in [1.29, 1.82) is 0 Å². The molecule has 28 heavy (non-hydrogen) atoms. The van der Waals surface area contributed by atoms with Crippen LogP contribution in [0.4, 0.5) is 0 Å². The van der Waals surface area contributed by atoms with Gasteiger partial charge < -0.3 is 5.73 Å². The zero-order chi connectivity index (χ0) is 20.5. The monoisotopic (exact) mass is 379 g/mol. The Hall–Kier alpha value is -2.29. The van der Waals surface area contributed by atoms with Crippen LogP contribution >= 0.6 is 0 Å². The Morgan fingerprint density at radius 3 is 1.36 bits per heavy atom. The molecule has 0 radical (unpaired) electrons. The van der Waals surface area contributed by atoms with E-state index in [4.69, 9.17) is 5.73 Å². The first-order valence-electron chi connectivity index (χ1n) is 11.0. The molecule has 0 aliphatic rings. The Balaban J connectivity index is 3.43. The van der Waals surface area contributed by atoms with Crippen molar-refractivity contribution in [3.05, 3.63) is 0 Å². The third-order valence-corrected chi connectivity index (χ3v) is 4.21. The summed E-state index contributed by atoms with van der Waals surface area (Å²) in [5.74, 6) is 24.0. The fraction of sp³-hybridized carbons (Fsp3) is 0.654. The predicted octanol–water partition coefficient (Wildman–Crippen LogP) is 5.75. The fourth-order valence-electron chi connectivity index (χ4n) is 2.54. The van der Waals surface area contributed by atoms with Crippen LogP contribution in [0.2, 0.25) is 0 Å². The summed E-state index contributed by atoms with van der Waals surface area (Å²) in [4.78, 5) is 10.6. The summed E-state index contributed by atoms with van der Waals surface area (Å²) in [5, 5.41) is 0. The molecule has 0 heterocycles. The van der Waals surface area contributed by atoms with E-state index in [0.29, 0.717) is 6.42 Å². The summed E-state index contributed by atoms with van der Waals surface area (Å²) < 4.78 is 0. The van der Waals surface area contributed by atoms with Crippen molar-refractivity contribution >= 4 is 5.91 Å². The maximum Gasteiger partial charge on any atom is 0.217 e. The number of unbranched alkanes of at least 4 members (excludes halogenated alkanes) is 12. The average molecular weight is 380 g/mol. The molecule has 0 aliphatic heterocycles. The van der Waals surface area contributed by atoms with E-state index in [1.807, 2.05) is 0 Å². The Labute approximate surface area is 173 Å². The van der Waals surface area contributed by atoms with Gasteiger partial charge in [0.15, 0.2) is 0 Å². The van der Waals surface area contributed by atoms with Gasteiger partial charge in [0.25, 0.3) is 0 Å². The largest absolute Gasteiger partial charge is 0.370 e. The van der Waals surface area contributed by atoms with E-state index in [1.165, 1.54) is 38.5 Å².